The number of carbonyl (C=O) groups is 1. The van der Waals surface area contributed by atoms with Crippen LogP contribution < -0.4 is 10.1 Å². The van der Waals surface area contributed by atoms with E-state index in [4.69, 9.17) is 14.9 Å². The molecule has 20 heavy (non-hydrogen) atoms. The van der Waals surface area contributed by atoms with Gasteiger partial charge in [-0.05, 0) is 12.1 Å². The fourth-order valence-electron chi connectivity index (χ4n) is 1.64. The first-order chi connectivity index (χ1) is 9.55. The number of carboxylic acids is 1. The quantitative estimate of drug-likeness (QED) is 0.751. The third kappa shape index (κ3) is 2.97. The molecule has 0 saturated heterocycles. The van der Waals surface area contributed by atoms with Gasteiger partial charge < -0.3 is 20.3 Å². The van der Waals surface area contributed by atoms with E-state index >= 15 is 0 Å². The van der Waals surface area contributed by atoms with Crippen LogP contribution in [0.25, 0.3) is 10.9 Å². The number of hydrogen-bond acceptors (Lipinski definition) is 6. The molecule has 7 nitrogen and oxygen atoms in total. The Hall–Kier alpha value is -1.93. The van der Waals surface area contributed by atoms with Crippen LogP contribution in [0.1, 0.15) is 0 Å². The average Bonchev–Trinajstić information content (AvgIpc) is 2.43. The zero-order valence-corrected chi connectivity index (χ0v) is 12.1. The summed E-state index contributed by atoms with van der Waals surface area (Å²) in [6, 6.07) is 2.41. The number of nitrogens with one attached hydrogen (secondary N) is 1. The number of aromatic nitrogens is 2. The molecule has 2 aromatic rings. The highest BCUT2D eigenvalue weighted by Crippen LogP contribution is 2.28. The van der Waals surface area contributed by atoms with E-state index in [1.807, 2.05) is 6.07 Å². The highest BCUT2D eigenvalue weighted by atomic mass is 79.9. The maximum absolute atomic E-state index is 10.9. The lowest BCUT2D eigenvalue weighted by Crippen LogP contribution is -2.33. The summed E-state index contributed by atoms with van der Waals surface area (Å²) in [4.78, 5) is 19.1. The number of methoxy groups -OCH3 is 1. The van der Waals surface area contributed by atoms with Crippen LogP contribution in [-0.2, 0) is 4.79 Å². The van der Waals surface area contributed by atoms with Gasteiger partial charge >= 0.3 is 5.97 Å². The molecule has 0 aliphatic rings. The summed E-state index contributed by atoms with van der Waals surface area (Å²) in [5.74, 6) is -0.533. The zero-order chi connectivity index (χ0) is 14.7. The van der Waals surface area contributed by atoms with Gasteiger partial charge in [0.1, 0.15) is 11.3 Å². The van der Waals surface area contributed by atoms with Crippen molar-refractivity contribution in [3.63, 3.8) is 0 Å². The molecule has 0 bridgehead atoms. The fraction of sp³-hybridized carbons (Fsp3) is 0.250. The predicted molar refractivity (Wildman–Crippen MR) is 75.9 cm³/mol. The van der Waals surface area contributed by atoms with Crippen molar-refractivity contribution in [2.45, 2.75) is 6.04 Å². The summed E-state index contributed by atoms with van der Waals surface area (Å²) in [5.41, 5.74) is 0.551. The van der Waals surface area contributed by atoms with Gasteiger partial charge in [0, 0.05) is 16.1 Å². The van der Waals surface area contributed by atoms with Crippen LogP contribution >= 0.6 is 15.9 Å². The number of carboxylic acid groups (broad SMARTS) is 1. The van der Waals surface area contributed by atoms with Gasteiger partial charge in [-0.1, -0.05) is 15.9 Å². The van der Waals surface area contributed by atoms with Crippen LogP contribution in [0.15, 0.2) is 22.8 Å². The third-order valence-corrected chi connectivity index (χ3v) is 3.07. The largest absolute Gasteiger partial charge is 0.494 e. The Morgan fingerprint density at radius 1 is 1.55 bits per heavy atom. The first-order valence-corrected chi connectivity index (χ1v) is 6.45. The number of nitrogens with zero attached hydrogens (tertiary/aromatic N) is 2. The van der Waals surface area contributed by atoms with Crippen LogP contribution in [0.2, 0.25) is 0 Å². The normalized spacial score (nSPS) is 12.2. The predicted octanol–water partition coefficient (Wildman–Crippen LogP) is 1.26. The van der Waals surface area contributed by atoms with E-state index in [0.29, 0.717) is 11.3 Å². The number of aliphatic hydroxyl groups excluding tert-OH is 1. The molecule has 0 radical (unpaired) electrons. The van der Waals surface area contributed by atoms with Gasteiger partial charge in [0.15, 0.2) is 6.04 Å². The minimum absolute atomic E-state index is 0.111. The lowest BCUT2D eigenvalue weighted by Gasteiger charge is -2.12. The number of ether oxygens (including phenoxy) is 1. The Labute approximate surface area is 122 Å². The molecule has 0 saturated carbocycles. The van der Waals surface area contributed by atoms with Crippen molar-refractivity contribution < 1.29 is 19.7 Å². The molecular formula is C12H12BrN3O4. The Bertz CT molecular complexity index is 650. The molecule has 0 aliphatic carbocycles. The molecule has 1 atom stereocenters. The molecule has 0 fully saturated rings. The number of benzene rings is 1. The molecule has 1 aromatic carbocycles. The molecule has 8 heteroatoms. The van der Waals surface area contributed by atoms with E-state index in [0.717, 1.165) is 9.86 Å². The Morgan fingerprint density at radius 3 is 2.90 bits per heavy atom. The summed E-state index contributed by atoms with van der Waals surface area (Å²) in [6.07, 6.45) is 1.55. The minimum Gasteiger partial charge on any atom is -0.494 e. The number of fused-ring (bicyclic) bond motifs is 1. The number of anilines is 1. The summed E-state index contributed by atoms with van der Waals surface area (Å²) < 4.78 is 6.05. The molecular weight excluding hydrogens is 330 g/mol. The van der Waals surface area contributed by atoms with E-state index < -0.39 is 18.6 Å². The fourth-order valence-corrected chi connectivity index (χ4v) is 2.10. The number of aliphatic hydroxyl groups is 1. The maximum atomic E-state index is 10.9. The Kier molecular flexibility index (Phi) is 4.35. The van der Waals surface area contributed by atoms with Crippen LogP contribution in [0.4, 0.5) is 5.95 Å². The molecule has 1 aromatic heterocycles. The number of hydrogen-bond donors (Lipinski definition) is 3. The molecule has 0 aliphatic heterocycles. The van der Waals surface area contributed by atoms with Crippen LogP contribution in [-0.4, -0.2) is 45.9 Å². The van der Waals surface area contributed by atoms with E-state index in [1.165, 1.54) is 7.11 Å². The lowest BCUT2D eigenvalue weighted by atomic mass is 10.2. The summed E-state index contributed by atoms with van der Waals surface area (Å²) in [7, 11) is 1.52. The summed E-state index contributed by atoms with van der Waals surface area (Å²) in [5, 5.41) is 21.1. The maximum Gasteiger partial charge on any atom is 0.328 e. The van der Waals surface area contributed by atoms with Crippen molar-refractivity contribution in [3.8, 4) is 5.75 Å². The second kappa shape index (κ2) is 6.02. The van der Waals surface area contributed by atoms with Crippen molar-refractivity contribution in [2.24, 2.45) is 0 Å². The second-order valence-electron chi connectivity index (χ2n) is 3.96. The molecule has 106 valence electrons. The smallest absolute Gasteiger partial charge is 0.328 e. The van der Waals surface area contributed by atoms with Crippen molar-refractivity contribution in [3.05, 3.63) is 22.8 Å². The van der Waals surface area contributed by atoms with Gasteiger partial charge in [-0.2, -0.15) is 0 Å². The number of rotatable bonds is 5. The van der Waals surface area contributed by atoms with Gasteiger partial charge in [-0.15, -0.1) is 0 Å². The second-order valence-corrected chi connectivity index (χ2v) is 4.87. The standard InChI is InChI=1S/C12H12BrN3O4/c1-20-9-3-7(13)2-6-4-14-12(16-10(6)9)15-8(5-17)11(18)19/h2-4,8,17H,5H2,1H3,(H,18,19)(H,14,15,16)/t8-/m0/s1. The lowest BCUT2D eigenvalue weighted by molar-refractivity contribution is -0.138. The van der Waals surface area contributed by atoms with Crippen molar-refractivity contribution in [2.75, 3.05) is 19.0 Å². The number of aliphatic carboxylic acids is 1. The van der Waals surface area contributed by atoms with Gasteiger partial charge in [-0.3, -0.25) is 0 Å². The monoisotopic (exact) mass is 341 g/mol. The summed E-state index contributed by atoms with van der Waals surface area (Å²) >= 11 is 3.35. The van der Waals surface area contributed by atoms with E-state index in [-0.39, 0.29) is 5.95 Å². The van der Waals surface area contributed by atoms with Gasteiger partial charge in [0.2, 0.25) is 5.95 Å². The van der Waals surface area contributed by atoms with Gasteiger partial charge in [0.25, 0.3) is 0 Å². The van der Waals surface area contributed by atoms with Crippen LogP contribution in [0, 0.1) is 0 Å². The van der Waals surface area contributed by atoms with Crippen molar-refractivity contribution in [1.82, 2.24) is 9.97 Å². The van der Waals surface area contributed by atoms with Gasteiger partial charge in [0.05, 0.1) is 13.7 Å². The zero-order valence-electron chi connectivity index (χ0n) is 10.5. The van der Waals surface area contributed by atoms with Crippen LogP contribution in [0.5, 0.6) is 5.75 Å². The topological polar surface area (TPSA) is 105 Å². The van der Waals surface area contributed by atoms with Crippen molar-refractivity contribution in [1.29, 1.82) is 0 Å². The van der Waals surface area contributed by atoms with Crippen molar-refractivity contribution >= 4 is 38.8 Å². The average molecular weight is 342 g/mol. The Balaban J connectivity index is 2.42. The molecule has 1 heterocycles. The molecule has 3 N–H and O–H groups in total. The summed E-state index contributed by atoms with van der Waals surface area (Å²) in [6.45, 7) is -0.561. The van der Waals surface area contributed by atoms with E-state index in [2.05, 4.69) is 31.2 Å². The highest BCUT2D eigenvalue weighted by molar-refractivity contribution is 9.10. The molecule has 0 spiro atoms. The SMILES string of the molecule is COc1cc(Br)cc2cnc(N[C@@H](CO)C(=O)O)nc12. The first kappa shape index (κ1) is 14.5. The molecule has 0 amide bonds. The van der Waals surface area contributed by atoms with E-state index in [1.54, 1.807) is 12.3 Å². The Morgan fingerprint density at radius 2 is 2.30 bits per heavy atom. The van der Waals surface area contributed by atoms with E-state index in [9.17, 15) is 4.79 Å². The van der Waals surface area contributed by atoms with Gasteiger partial charge in [-0.25, -0.2) is 14.8 Å². The third-order valence-electron chi connectivity index (χ3n) is 2.62. The first-order valence-electron chi connectivity index (χ1n) is 5.65. The molecule has 2 rings (SSSR count). The number of halogens is 1. The molecule has 0 unspecified atom stereocenters. The van der Waals surface area contributed by atoms with Crippen LogP contribution in [0.3, 0.4) is 0 Å². The highest BCUT2D eigenvalue weighted by Gasteiger charge is 2.17. The minimum atomic E-state index is -1.18.